The second kappa shape index (κ2) is 5.25. The van der Waals surface area contributed by atoms with Crippen LogP contribution < -0.4 is 14.9 Å². The number of ether oxygens (including phenoxy) is 2. The van der Waals surface area contributed by atoms with E-state index in [1.165, 1.54) is 19.2 Å². The van der Waals surface area contributed by atoms with Crippen LogP contribution in [0.1, 0.15) is 6.92 Å². The van der Waals surface area contributed by atoms with Gasteiger partial charge in [-0.05, 0) is 13.0 Å². The lowest BCUT2D eigenvalue weighted by Gasteiger charge is -2.12. The van der Waals surface area contributed by atoms with E-state index < -0.39 is 7.12 Å². The van der Waals surface area contributed by atoms with Gasteiger partial charge in [-0.1, -0.05) is 11.6 Å². The third-order valence-corrected chi connectivity index (χ3v) is 2.16. The number of rotatable bonds is 4. The van der Waals surface area contributed by atoms with Crippen LogP contribution in [0, 0.1) is 0 Å². The summed E-state index contributed by atoms with van der Waals surface area (Å²) in [5.74, 6) is 0.790. The van der Waals surface area contributed by atoms with E-state index in [-0.39, 0.29) is 5.46 Å². The smallest absolute Gasteiger partial charge is 0.492 e. The SMILES string of the molecule is CCOc1cc(OC)c(B(O)O)cc1Cl. The van der Waals surface area contributed by atoms with Gasteiger partial charge in [0.1, 0.15) is 11.5 Å². The molecule has 1 aromatic rings. The van der Waals surface area contributed by atoms with Gasteiger partial charge < -0.3 is 19.5 Å². The quantitative estimate of drug-likeness (QED) is 0.737. The fraction of sp³-hybridized carbons (Fsp3) is 0.333. The molecule has 0 atom stereocenters. The molecule has 0 aliphatic carbocycles. The van der Waals surface area contributed by atoms with Gasteiger partial charge in [-0.25, -0.2) is 0 Å². The summed E-state index contributed by atoms with van der Waals surface area (Å²) in [5.41, 5.74) is 0.214. The van der Waals surface area contributed by atoms with Crippen molar-refractivity contribution < 1.29 is 19.5 Å². The van der Waals surface area contributed by atoms with Crippen LogP contribution >= 0.6 is 11.6 Å². The van der Waals surface area contributed by atoms with Gasteiger partial charge in [0.2, 0.25) is 0 Å². The number of methoxy groups -OCH3 is 1. The molecule has 2 N–H and O–H groups in total. The predicted octanol–water partition coefficient (Wildman–Crippen LogP) is 0.427. The molecule has 0 spiro atoms. The van der Waals surface area contributed by atoms with Crippen LogP contribution in [-0.2, 0) is 0 Å². The van der Waals surface area contributed by atoms with E-state index >= 15 is 0 Å². The summed E-state index contributed by atoms with van der Waals surface area (Å²) in [6, 6.07) is 2.94. The molecule has 0 saturated carbocycles. The average molecular weight is 230 g/mol. The largest absolute Gasteiger partial charge is 0.497 e. The topological polar surface area (TPSA) is 58.9 Å². The van der Waals surface area contributed by atoms with Gasteiger partial charge in [0, 0.05) is 11.5 Å². The molecule has 0 radical (unpaired) electrons. The Bertz CT molecular complexity index is 343. The summed E-state index contributed by atoms with van der Waals surface area (Å²) in [5, 5.41) is 18.4. The minimum atomic E-state index is -1.62. The Morgan fingerprint density at radius 1 is 1.33 bits per heavy atom. The van der Waals surface area contributed by atoms with Crippen LogP contribution in [0.25, 0.3) is 0 Å². The van der Waals surface area contributed by atoms with E-state index in [1.807, 2.05) is 6.92 Å². The summed E-state index contributed by atoms with van der Waals surface area (Å²) in [6.45, 7) is 2.31. The third kappa shape index (κ3) is 2.78. The third-order valence-electron chi connectivity index (χ3n) is 1.86. The van der Waals surface area contributed by atoms with E-state index in [2.05, 4.69) is 0 Å². The van der Waals surface area contributed by atoms with E-state index in [1.54, 1.807) is 0 Å². The van der Waals surface area contributed by atoms with Gasteiger partial charge in [-0.3, -0.25) is 0 Å². The Morgan fingerprint density at radius 2 is 2.00 bits per heavy atom. The second-order valence-electron chi connectivity index (χ2n) is 2.83. The van der Waals surface area contributed by atoms with Crippen molar-refractivity contribution in [2.75, 3.05) is 13.7 Å². The Hall–Kier alpha value is -0.905. The standard InChI is InChI=1S/C9H12BClO4/c1-3-15-9-5-8(14-2)6(10(12)13)4-7(9)11/h4-5,12-13H,3H2,1-2H3. The zero-order chi connectivity index (χ0) is 11.4. The molecule has 0 unspecified atom stereocenters. The van der Waals surface area contributed by atoms with Gasteiger partial charge in [0.15, 0.2) is 0 Å². The van der Waals surface area contributed by atoms with Crippen molar-refractivity contribution in [2.45, 2.75) is 6.92 Å². The first-order valence-electron chi connectivity index (χ1n) is 4.46. The molecule has 0 fully saturated rings. The summed E-state index contributed by atoms with van der Waals surface area (Å²) < 4.78 is 10.2. The zero-order valence-corrected chi connectivity index (χ0v) is 9.28. The first-order valence-corrected chi connectivity index (χ1v) is 4.84. The molecule has 0 aromatic heterocycles. The average Bonchev–Trinajstić information content (AvgIpc) is 2.20. The van der Waals surface area contributed by atoms with Crippen LogP contribution in [0.5, 0.6) is 11.5 Å². The maximum Gasteiger partial charge on any atom is 0.492 e. The van der Waals surface area contributed by atoms with Crippen LogP contribution in [0.4, 0.5) is 0 Å². The molecular weight excluding hydrogens is 218 g/mol. The van der Waals surface area contributed by atoms with Crippen molar-refractivity contribution in [3.63, 3.8) is 0 Å². The minimum absolute atomic E-state index is 0.214. The summed E-state index contributed by atoms with van der Waals surface area (Å²) >= 11 is 5.88. The van der Waals surface area contributed by atoms with Crippen LogP contribution in [-0.4, -0.2) is 30.9 Å². The Morgan fingerprint density at radius 3 is 2.47 bits per heavy atom. The maximum absolute atomic E-state index is 9.06. The van der Waals surface area contributed by atoms with Gasteiger partial charge in [0.05, 0.1) is 18.7 Å². The molecule has 0 amide bonds. The summed E-state index contributed by atoms with van der Waals surface area (Å²) in [6.07, 6.45) is 0. The minimum Gasteiger partial charge on any atom is -0.497 e. The highest BCUT2D eigenvalue weighted by atomic mass is 35.5. The van der Waals surface area contributed by atoms with Gasteiger partial charge >= 0.3 is 7.12 Å². The van der Waals surface area contributed by atoms with Crippen molar-refractivity contribution in [3.05, 3.63) is 17.2 Å². The highest BCUT2D eigenvalue weighted by Gasteiger charge is 2.19. The highest BCUT2D eigenvalue weighted by molar-refractivity contribution is 6.60. The van der Waals surface area contributed by atoms with E-state index in [0.717, 1.165) is 0 Å². The highest BCUT2D eigenvalue weighted by Crippen LogP contribution is 2.27. The zero-order valence-electron chi connectivity index (χ0n) is 8.53. The lowest BCUT2D eigenvalue weighted by molar-refractivity contribution is 0.336. The van der Waals surface area contributed by atoms with Gasteiger partial charge in [-0.15, -0.1) is 0 Å². The first kappa shape index (κ1) is 12.2. The Labute approximate surface area is 93.5 Å². The van der Waals surface area contributed by atoms with Gasteiger partial charge in [-0.2, -0.15) is 0 Å². The summed E-state index contributed by atoms with van der Waals surface area (Å²) in [4.78, 5) is 0. The van der Waals surface area contributed by atoms with Crippen LogP contribution in [0.2, 0.25) is 5.02 Å². The molecule has 1 rings (SSSR count). The molecule has 0 heterocycles. The Balaban J connectivity index is 3.16. The second-order valence-corrected chi connectivity index (χ2v) is 3.24. The van der Waals surface area contributed by atoms with Crippen LogP contribution in [0.3, 0.4) is 0 Å². The van der Waals surface area contributed by atoms with Crippen molar-refractivity contribution in [1.82, 2.24) is 0 Å². The molecule has 15 heavy (non-hydrogen) atoms. The fourth-order valence-corrected chi connectivity index (χ4v) is 1.42. The lowest BCUT2D eigenvalue weighted by atomic mass is 9.79. The number of benzene rings is 1. The number of hydrogen-bond donors (Lipinski definition) is 2. The molecule has 6 heteroatoms. The number of hydrogen-bond acceptors (Lipinski definition) is 4. The van der Waals surface area contributed by atoms with E-state index in [0.29, 0.717) is 23.1 Å². The van der Waals surface area contributed by atoms with Crippen LogP contribution in [0.15, 0.2) is 12.1 Å². The molecule has 4 nitrogen and oxygen atoms in total. The molecule has 1 aromatic carbocycles. The Kier molecular flexibility index (Phi) is 4.26. The maximum atomic E-state index is 9.06. The number of halogens is 1. The molecular formula is C9H12BClO4. The molecule has 0 bridgehead atoms. The fourth-order valence-electron chi connectivity index (χ4n) is 1.19. The molecule has 0 saturated heterocycles. The van der Waals surface area contributed by atoms with Crippen molar-refractivity contribution in [2.24, 2.45) is 0 Å². The van der Waals surface area contributed by atoms with Crippen molar-refractivity contribution in [3.8, 4) is 11.5 Å². The monoisotopic (exact) mass is 230 g/mol. The first-order chi connectivity index (χ1) is 7.10. The normalized spacial score (nSPS) is 9.93. The van der Waals surface area contributed by atoms with Crippen molar-refractivity contribution >= 4 is 24.2 Å². The lowest BCUT2D eigenvalue weighted by Crippen LogP contribution is -2.31. The molecule has 0 aliphatic rings. The van der Waals surface area contributed by atoms with E-state index in [4.69, 9.17) is 31.1 Å². The summed E-state index contributed by atoms with van der Waals surface area (Å²) in [7, 11) is -0.182. The van der Waals surface area contributed by atoms with E-state index in [9.17, 15) is 0 Å². The molecule has 82 valence electrons. The van der Waals surface area contributed by atoms with Crippen molar-refractivity contribution in [1.29, 1.82) is 0 Å². The molecule has 0 aliphatic heterocycles. The van der Waals surface area contributed by atoms with Gasteiger partial charge in [0.25, 0.3) is 0 Å². The predicted molar refractivity (Wildman–Crippen MR) is 59.0 cm³/mol.